The predicted molar refractivity (Wildman–Crippen MR) is 194 cm³/mol. The van der Waals surface area contributed by atoms with Crippen LogP contribution in [-0.2, 0) is 19.2 Å². The van der Waals surface area contributed by atoms with Crippen molar-refractivity contribution >= 4 is 47.2 Å². The molecule has 2 heterocycles. The third kappa shape index (κ3) is 8.64. The summed E-state index contributed by atoms with van der Waals surface area (Å²) >= 11 is 0. The first-order valence-corrected chi connectivity index (χ1v) is 18.8. The SMILES string of the molecule is O=C(Nc1ccc(/C=C/c2ccc(NC(=O)[C@@H]3CCCN3C(=O)[C@@H](O)C3CCCCC3)cc2)cc1)[C@@H]1CCCN1C(=O)[C@@H](O)C1CCCCC1. The van der Waals surface area contributed by atoms with E-state index in [2.05, 4.69) is 10.6 Å². The minimum absolute atomic E-state index is 0.0158. The summed E-state index contributed by atoms with van der Waals surface area (Å²) in [5.74, 6) is -1.12. The maximum absolute atomic E-state index is 13.2. The molecule has 0 aromatic heterocycles. The summed E-state index contributed by atoms with van der Waals surface area (Å²) in [4.78, 5) is 55.7. The topological polar surface area (TPSA) is 139 Å². The molecule has 2 aromatic carbocycles. The Morgan fingerprint density at radius 2 is 0.900 bits per heavy atom. The van der Waals surface area contributed by atoms with Gasteiger partial charge in [0.05, 0.1) is 0 Å². The summed E-state index contributed by atoms with van der Waals surface area (Å²) in [6.07, 6.45) is 14.4. The number of benzene rings is 2. The van der Waals surface area contributed by atoms with Gasteiger partial charge in [0, 0.05) is 24.5 Å². The molecule has 0 bridgehead atoms. The van der Waals surface area contributed by atoms with E-state index in [-0.39, 0.29) is 35.5 Å². The molecule has 10 nitrogen and oxygen atoms in total. The fourth-order valence-corrected chi connectivity index (χ4v) is 8.25. The molecule has 4 amide bonds. The van der Waals surface area contributed by atoms with Crippen LogP contribution in [0.3, 0.4) is 0 Å². The molecule has 2 aliphatic carbocycles. The number of carbonyl (C=O) groups excluding carboxylic acids is 4. The van der Waals surface area contributed by atoms with Crippen molar-refractivity contribution in [3.05, 3.63) is 59.7 Å². The molecule has 6 rings (SSSR count). The van der Waals surface area contributed by atoms with E-state index in [4.69, 9.17) is 0 Å². The van der Waals surface area contributed by atoms with Crippen LogP contribution in [0.1, 0.15) is 101 Å². The van der Waals surface area contributed by atoms with Crippen LogP contribution in [0.15, 0.2) is 48.5 Å². The average molecular weight is 685 g/mol. The largest absolute Gasteiger partial charge is 0.383 e. The molecule has 4 aliphatic rings. The summed E-state index contributed by atoms with van der Waals surface area (Å²) in [7, 11) is 0. The zero-order valence-corrected chi connectivity index (χ0v) is 29.0. The van der Waals surface area contributed by atoms with Crippen LogP contribution in [0.5, 0.6) is 0 Å². The molecule has 50 heavy (non-hydrogen) atoms. The molecule has 0 unspecified atom stereocenters. The van der Waals surface area contributed by atoms with Crippen LogP contribution in [-0.4, -0.2) is 81.0 Å². The van der Waals surface area contributed by atoms with Crippen molar-refractivity contribution < 1.29 is 29.4 Å². The molecule has 10 heteroatoms. The number of likely N-dealkylation sites (tertiary alicyclic amines) is 2. The number of carbonyl (C=O) groups is 4. The van der Waals surface area contributed by atoms with Gasteiger partial charge in [-0.1, -0.05) is 74.9 Å². The Morgan fingerprint density at radius 3 is 1.26 bits per heavy atom. The fraction of sp³-hybridized carbons (Fsp3) is 0.550. The molecule has 2 aromatic rings. The van der Waals surface area contributed by atoms with Gasteiger partial charge in [0.25, 0.3) is 11.8 Å². The third-order valence-corrected chi connectivity index (χ3v) is 11.2. The molecular formula is C40H52N4O6. The molecule has 0 radical (unpaired) electrons. The molecular weight excluding hydrogens is 632 g/mol. The Hall–Kier alpha value is -4.02. The number of hydrogen-bond acceptors (Lipinski definition) is 6. The highest BCUT2D eigenvalue weighted by molar-refractivity contribution is 5.99. The van der Waals surface area contributed by atoms with Crippen LogP contribution in [0.25, 0.3) is 12.2 Å². The maximum Gasteiger partial charge on any atom is 0.252 e. The smallest absolute Gasteiger partial charge is 0.252 e. The maximum atomic E-state index is 13.2. The van der Waals surface area contributed by atoms with E-state index in [9.17, 15) is 29.4 Å². The van der Waals surface area contributed by atoms with Crippen molar-refractivity contribution in [1.29, 1.82) is 0 Å². The van der Waals surface area contributed by atoms with Gasteiger partial charge in [0.1, 0.15) is 24.3 Å². The van der Waals surface area contributed by atoms with Gasteiger partial charge in [-0.15, -0.1) is 0 Å². The lowest BCUT2D eigenvalue weighted by Crippen LogP contribution is -2.49. The van der Waals surface area contributed by atoms with Crippen molar-refractivity contribution in [1.82, 2.24) is 9.80 Å². The van der Waals surface area contributed by atoms with Crippen molar-refractivity contribution in [3.63, 3.8) is 0 Å². The van der Waals surface area contributed by atoms with Crippen molar-refractivity contribution in [2.75, 3.05) is 23.7 Å². The number of hydrogen-bond donors (Lipinski definition) is 4. The van der Waals surface area contributed by atoms with Gasteiger partial charge >= 0.3 is 0 Å². The standard InChI is InChI=1S/C40H52N4O6/c45-35(29-9-3-1-4-10-29)39(49)43-25-7-13-33(43)37(47)41-31-21-17-27(18-22-31)15-16-28-19-23-32(24-20-28)42-38(48)34-14-8-26-44(34)40(50)36(46)30-11-5-2-6-12-30/h15-24,29-30,33-36,45-46H,1-14,25-26H2,(H,41,47)(H,42,48)/b16-15+/t33-,34-,35-,36-/m0/s1. The van der Waals surface area contributed by atoms with E-state index in [0.717, 1.165) is 88.2 Å². The minimum atomic E-state index is -1.03. The number of amides is 4. The quantitative estimate of drug-likeness (QED) is 0.241. The summed E-state index contributed by atoms with van der Waals surface area (Å²) in [6.45, 7) is 0.979. The highest BCUT2D eigenvalue weighted by atomic mass is 16.3. The van der Waals surface area contributed by atoms with Gasteiger partial charge in [-0.05, 0) is 98.6 Å². The lowest BCUT2D eigenvalue weighted by Gasteiger charge is -2.31. The second-order valence-corrected chi connectivity index (χ2v) is 14.6. The first kappa shape index (κ1) is 35.8. The fourth-order valence-electron chi connectivity index (χ4n) is 8.25. The molecule has 4 N–H and O–H groups in total. The van der Waals surface area contributed by atoms with Gasteiger partial charge in [-0.3, -0.25) is 19.2 Å². The van der Waals surface area contributed by atoms with Crippen molar-refractivity contribution in [3.8, 4) is 0 Å². The molecule has 2 saturated heterocycles. The first-order chi connectivity index (χ1) is 24.3. The van der Waals surface area contributed by atoms with Gasteiger partial charge < -0.3 is 30.6 Å². The van der Waals surface area contributed by atoms with Gasteiger partial charge in [0.15, 0.2) is 0 Å². The van der Waals surface area contributed by atoms with Crippen LogP contribution in [0.2, 0.25) is 0 Å². The minimum Gasteiger partial charge on any atom is -0.383 e. The predicted octanol–water partition coefficient (Wildman–Crippen LogP) is 5.60. The zero-order chi connectivity index (χ0) is 35.0. The van der Waals surface area contributed by atoms with Crippen molar-refractivity contribution in [2.45, 2.75) is 114 Å². The second kappa shape index (κ2) is 16.8. The zero-order valence-electron chi connectivity index (χ0n) is 29.0. The van der Waals surface area contributed by atoms with E-state index >= 15 is 0 Å². The van der Waals surface area contributed by atoms with E-state index in [0.29, 0.717) is 37.3 Å². The van der Waals surface area contributed by atoms with E-state index in [1.54, 1.807) is 9.80 Å². The van der Waals surface area contributed by atoms with Gasteiger partial charge in [-0.25, -0.2) is 0 Å². The van der Waals surface area contributed by atoms with Crippen molar-refractivity contribution in [2.24, 2.45) is 11.8 Å². The first-order valence-electron chi connectivity index (χ1n) is 18.8. The van der Waals surface area contributed by atoms with Gasteiger partial charge in [0.2, 0.25) is 11.8 Å². The second-order valence-electron chi connectivity index (χ2n) is 14.6. The Labute approximate surface area is 295 Å². The molecule has 2 saturated carbocycles. The Kier molecular flexibility index (Phi) is 12.0. The lowest BCUT2D eigenvalue weighted by molar-refractivity contribution is -0.147. The summed E-state index contributed by atoms with van der Waals surface area (Å²) in [6, 6.07) is 13.8. The van der Waals surface area contributed by atoms with Crippen LogP contribution >= 0.6 is 0 Å². The van der Waals surface area contributed by atoms with E-state index in [1.807, 2.05) is 60.7 Å². The Morgan fingerprint density at radius 1 is 0.540 bits per heavy atom. The van der Waals surface area contributed by atoms with Crippen LogP contribution in [0, 0.1) is 11.8 Å². The molecule has 0 spiro atoms. The highest BCUT2D eigenvalue weighted by Gasteiger charge is 2.40. The number of nitrogens with one attached hydrogen (secondary N) is 2. The number of anilines is 2. The normalized spacial score (nSPS) is 23.2. The summed E-state index contributed by atoms with van der Waals surface area (Å²) < 4.78 is 0. The summed E-state index contributed by atoms with van der Waals surface area (Å²) in [5.41, 5.74) is 3.17. The van der Waals surface area contributed by atoms with E-state index in [1.165, 1.54) is 0 Å². The summed E-state index contributed by atoms with van der Waals surface area (Å²) in [5, 5.41) is 27.4. The number of nitrogens with zero attached hydrogens (tertiary/aromatic N) is 2. The number of rotatable bonds is 10. The Bertz CT molecular complexity index is 1400. The molecule has 2 aliphatic heterocycles. The molecule has 4 atom stereocenters. The number of aliphatic hydroxyl groups excluding tert-OH is 2. The number of aliphatic hydroxyl groups is 2. The highest BCUT2D eigenvalue weighted by Crippen LogP contribution is 2.31. The van der Waals surface area contributed by atoms with E-state index < -0.39 is 24.3 Å². The van der Waals surface area contributed by atoms with Crippen LogP contribution in [0.4, 0.5) is 11.4 Å². The van der Waals surface area contributed by atoms with Crippen LogP contribution < -0.4 is 10.6 Å². The monoisotopic (exact) mass is 684 g/mol. The molecule has 268 valence electrons. The molecule has 4 fully saturated rings. The average Bonchev–Trinajstić information content (AvgIpc) is 3.86. The Balaban J connectivity index is 0.980. The lowest BCUT2D eigenvalue weighted by atomic mass is 9.84. The van der Waals surface area contributed by atoms with Gasteiger partial charge in [-0.2, -0.15) is 0 Å². The third-order valence-electron chi connectivity index (χ3n) is 11.2.